The van der Waals surface area contributed by atoms with Crippen LogP contribution in [0.2, 0.25) is 5.02 Å². The van der Waals surface area contributed by atoms with Crippen molar-refractivity contribution in [2.75, 3.05) is 0 Å². The summed E-state index contributed by atoms with van der Waals surface area (Å²) in [5.41, 5.74) is 0.796. The lowest BCUT2D eigenvalue weighted by Crippen LogP contribution is -1.86. The van der Waals surface area contributed by atoms with Crippen LogP contribution in [0.4, 0.5) is 0 Å². The van der Waals surface area contributed by atoms with Crippen LogP contribution < -0.4 is 0 Å². The van der Waals surface area contributed by atoms with Gasteiger partial charge < -0.3 is 10.2 Å². The van der Waals surface area contributed by atoms with E-state index in [9.17, 15) is 5.11 Å². The minimum atomic E-state index is -0.0700. The van der Waals surface area contributed by atoms with Crippen LogP contribution in [0.3, 0.4) is 0 Å². The molecule has 2 N–H and O–H groups in total. The molecule has 0 aromatic heterocycles. The number of unbranched alkanes of at least 4 members (excludes halogenated alkanes) is 1. The Morgan fingerprint density at radius 1 is 1.23 bits per heavy atom. The SMILES string of the molecule is CCCCc1cc(Cl)c(O)cc1O. The summed E-state index contributed by atoms with van der Waals surface area (Å²) in [5.74, 6) is 0.0507. The zero-order valence-electron chi connectivity index (χ0n) is 7.55. The molecule has 1 aromatic rings. The summed E-state index contributed by atoms with van der Waals surface area (Å²) < 4.78 is 0. The molecular formula is C10H13ClO2. The van der Waals surface area contributed by atoms with Gasteiger partial charge >= 0.3 is 0 Å². The van der Waals surface area contributed by atoms with Crippen LogP contribution in [0.5, 0.6) is 11.5 Å². The van der Waals surface area contributed by atoms with Gasteiger partial charge in [-0.05, 0) is 24.5 Å². The maximum atomic E-state index is 9.42. The minimum Gasteiger partial charge on any atom is -0.508 e. The number of phenolic OH excluding ortho intramolecular Hbond substituents is 2. The van der Waals surface area contributed by atoms with Gasteiger partial charge in [0.15, 0.2) is 0 Å². The number of phenols is 2. The molecule has 0 saturated carbocycles. The zero-order valence-corrected chi connectivity index (χ0v) is 8.30. The number of rotatable bonds is 3. The van der Waals surface area contributed by atoms with Gasteiger partial charge in [-0.2, -0.15) is 0 Å². The molecule has 0 bridgehead atoms. The molecule has 3 heteroatoms. The second kappa shape index (κ2) is 4.38. The Labute approximate surface area is 82.8 Å². The van der Waals surface area contributed by atoms with Crippen LogP contribution in [0.1, 0.15) is 25.3 Å². The van der Waals surface area contributed by atoms with Crippen LogP contribution >= 0.6 is 11.6 Å². The quantitative estimate of drug-likeness (QED) is 0.787. The summed E-state index contributed by atoms with van der Waals surface area (Å²) >= 11 is 5.70. The van der Waals surface area contributed by atoms with Gasteiger partial charge in [-0.25, -0.2) is 0 Å². The maximum absolute atomic E-state index is 9.42. The third kappa shape index (κ3) is 2.52. The van der Waals surface area contributed by atoms with Crippen molar-refractivity contribution < 1.29 is 10.2 Å². The molecule has 0 fully saturated rings. The smallest absolute Gasteiger partial charge is 0.137 e. The molecule has 0 radical (unpaired) electrons. The van der Waals surface area contributed by atoms with Crippen LogP contribution in [0.15, 0.2) is 12.1 Å². The van der Waals surface area contributed by atoms with Crippen molar-refractivity contribution in [1.82, 2.24) is 0 Å². The van der Waals surface area contributed by atoms with Gasteiger partial charge in [0.05, 0.1) is 5.02 Å². The van der Waals surface area contributed by atoms with Crippen molar-refractivity contribution in [1.29, 1.82) is 0 Å². The lowest BCUT2D eigenvalue weighted by atomic mass is 10.1. The van der Waals surface area contributed by atoms with E-state index in [2.05, 4.69) is 6.92 Å². The second-order valence-corrected chi connectivity index (χ2v) is 3.44. The van der Waals surface area contributed by atoms with Crippen molar-refractivity contribution in [2.24, 2.45) is 0 Å². The Hall–Kier alpha value is -0.890. The molecule has 72 valence electrons. The Balaban J connectivity index is 2.88. The van der Waals surface area contributed by atoms with Gasteiger partial charge in [0.25, 0.3) is 0 Å². The van der Waals surface area contributed by atoms with E-state index in [-0.39, 0.29) is 11.5 Å². The highest BCUT2D eigenvalue weighted by atomic mass is 35.5. The van der Waals surface area contributed by atoms with Gasteiger partial charge in [0.2, 0.25) is 0 Å². The monoisotopic (exact) mass is 200 g/mol. The van der Waals surface area contributed by atoms with E-state index in [1.807, 2.05) is 0 Å². The van der Waals surface area contributed by atoms with Crippen LogP contribution in [-0.4, -0.2) is 10.2 Å². The Morgan fingerprint density at radius 2 is 1.92 bits per heavy atom. The van der Waals surface area contributed by atoms with Crippen molar-refractivity contribution >= 4 is 11.6 Å². The van der Waals surface area contributed by atoms with Crippen molar-refractivity contribution in [3.8, 4) is 11.5 Å². The number of aryl methyl sites for hydroxylation is 1. The molecule has 0 atom stereocenters. The largest absolute Gasteiger partial charge is 0.508 e. The maximum Gasteiger partial charge on any atom is 0.137 e. The fourth-order valence-electron chi connectivity index (χ4n) is 1.16. The van der Waals surface area contributed by atoms with E-state index in [1.54, 1.807) is 6.07 Å². The van der Waals surface area contributed by atoms with E-state index in [1.165, 1.54) is 6.07 Å². The first-order valence-electron chi connectivity index (χ1n) is 4.35. The minimum absolute atomic E-state index is 0.0700. The van der Waals surface area contributed by atoms with Crippen LogP contribution in [0, 0.1) is 0 Å². The fourth-order valence-corrected chi connectivity index (χ4v) is 1.35. The first kappa shape index (κ1) is 10.2. The first-order valence-corrected chi connectivity index (χ1v) is 4.73. The van der Waals surface area contributed by atoms with E-state index < -0.39 is 0 Å². The number of hydrogen-bond acceptors (Lipinski definition) is 2. The normalized spacial score (nSPS) is 10.3. The van der Waals surface area contributed by atoms with Crippen LogP contribution in [-0.2, 0) is 6.42 Å². The molecule has 0 aliphatic carbocycles. The first-order chi connectivity index (χ1) is 6.15. The van der Waals surface area contributed by atoms with Crippen molar-refractivity contribution in [3.63, 3.8) is 0 Å². The molecule has 13 heavy (non-hydrogen) atoms. The average molecular weight is 201 g/mol. The Kier molecular flexibility index (Phi) is 3.43. The lowest BCUT2D eigenvalue weighted by Gasteiger charge is -2.05. The average Bonchev–Trinajstić information content (AvgIpc) is 2.09. The highest BCUT2D eigenvalue weighted by Gasteiger charge is 2.05. The molecule has 0 heterocycles. The number of benzene rings is 1. The summed E-state index contributed by atoms with van der Waals surface area (Å²) in [4.78, 5) is 0. The molecule has 0 spiro atoms. The molecular weight excluding hydrogens is 188 g/mol. The van der Waals surface area contributed by atoms with E-state index in [0.29, 0.717) is 5.02 Å². The third-order valence-electron chi connectivity index (χ3n) is 1.95. The Morgan fingerprint density at radius 3 is 2.54 bits per heavy atom. The van der Waals surface area contributed by atoms with E-state index >= 15 is 0 Å². The highest BCUT2D eigenvalue weighted by Crippen LogP contribution is 2.31. The predicted molar refractivity (Wildman–Crippen MR) is 53.4 cm³/mol. The van der Waals surface area contributed by atoms with Crippen molar-refractivity contribution in [3.05, 3.63) is 22.7 Å². The Bertz CT molecular complexity index is 297. The molecule has 0 aliphatic rings. The molecule has 0 saturated heterocycles. The van der Waals surface area contributed by atoms with Crippen molar-refractivity contribution in [2.45, 2.75) is 26.2 Å². The summed E-state index contributed by atoms with van der Waals surface area (Å²) in [6.45, 7) is 2.08. The molecule has 2 nitrogen and oxygen atoms in total. The van der Waals surface area contributed by atoms with Gasteiger partial charge in [-0.3, -0.25) is 0 Å². The van der Waals surface area contributed by atoms with E-state index in [4.69, 9.17) is 16.7 Å². The zero-order chi connectivity index (χ0) is 9.84. The summed E-state index contributed by atoms with van der Waals surface area (Å²) in [6.07, 6.45) is 2.87. The standard InChI is InChI=1S/C10H13ClO2/c1-2-3-4-7-5-8(11)10(13)6-9(7)12/h5-6,12-13H,2-4H2,1H3. The molecule has 0 unspecified atom stereocenters. The molecule has 1 rings (SSSR count). The van der Waals surface area contributed by atoms with Gasteiger partial charge in [-0.15, -0.1) is 0 Å². The van der Waals surface area contributed by atoms with Gasteiger partial charge in [0.1, 0.15) is 11.5 Å². The molecule has 0 amide bonds. The van der Waals surface area contributed by atoms with Gasteiger partial charge in [-0.1, -0.05) is 24.9 Å². The molecule has 0 aliphatic heterocycles. The van der Waals surface area contributed by atoms with E-state index in [0.717, 1.165) is 24.8 Å². The summed E-state index contributed by atoms with van der Waals surface area (Å²) in [6, 6.07) is 2.90. The van der Waals surface area contributed by atoms with Gasteiger partial charge in [0, 0.05) is 6.07 Å². The predicted octanol–water partition coefficient (Wildman–Crippen LogP) is 3.09. The topological polar surface area (TPSA) is 40.5 Å². The number of hydrogen-bond donors (Lipinski definition) is 2. The summed E-state index contributed by atoms with van der Waals surface area (Å²) in [5, 5.41) is 18.9. The number of halogens is 1. The summed E-state index contributed by atoms with van der Waals surface area (Å²) in [7, 11) is 0. The fraction of sp³-hybridized carbons (Fsp3) is 0.400. The lowest BCUT2D eigenvalue weighted by molar-refractivity contribution is 0.445. The second-order valence-electron chi connectivity index (χ2n) is 3.04. The molecule has 1 aromatic carbocycles. The number of aromatic hydroxyl groups is 2. The third-order valence-corrected chi connectivity index (χ3v) is 2.25. The highest BCUT2D eigenvalue weighted by molar-refractivity contribution is 6.32. The van der Waals surface area contributed by atoms with Crippen LogP contribution in [0.25, 0.3) is 0 Å².